The van der Waals surface area contributed by atoms with Crippen molar-refractivity contribution in [2.45, 2.75) is 12.8 Å². The number of hydrogen-bond acceptors (Lipinski definition) is 2. The Morgan fingerprint density at radius 1 is 1.56 bits per heavy atom. The molecule has 0 bridgehead atoms. The van der Waals surface area contributed by atoms with Crippen LogP contribution in [0.25, 0.3) is 0 Å². The van der Waals surface area contributed by atoms with Gasteiger partial charge in [0.05, 0.1) is 18.1 Å². The second kappa shape index (κ2) is 4.65. The molecule has 0 spiro atoms. The van der Waals surface area contributed by atoms with Crippen molar-refractivity contribution < 1.29 is 23.4 Å². The normalized spacial score (nSPS) is 12.3. The van der Waals surface area contributed by atoms with Crippen LogP contribution >= 0.6 is 11.6 Å². The summed E-state index contributed by atoms with van der Waals surface area (Å²) in [5.74, 6) is -5.15. The van der Waals surface area contributed by atoms with Crippen molar-refractivity contribution in [3.63, 3.8) is 0 Å². The van der Waals surface area contributed by atoms with Gasteiger partial charge >= 0.3 is 5.97 Å². The number of methoxy groups -OCH3 is 1. The highest BCUT2D eigenvalue weighted by atomic mass is 35.5. The van der Waals surface area contributed by atoms with E-state index in [1.54, 1.807) is 0 Å². The standard InChI is InChI=1S/C10H9ClF2O3/c1-4(10(14)15)7-8(13)6(12)3-5(11)9(7)16-2/h3-4H,1-2H3,(H,14,15). The van der Waals surface area contributed by atoms with Crippen molar-refractivity contribution in [1.82, 2.24) is 0 Å². The number of benzene rings is 1. The summed E-state index contributed by atoms with van der Waals surface area (Å²) in [7, 11) is 1.20. The van der Waals surface area contributed by atoms with Gasteiger partial charge in [0.25, 0.3) is 0 Å². The number of carbonyl (C=O) groups is 1. The maximum Gasteiger partial charge on any atom is 0.310 e. The second-order valence-electron chi connectivity index (χ2n) is 3.16. The Kier molecular flexibility index (Phi) is 3.70. The molecule has 0 radical (unpaired) electrons. The summed E-state index contributed by atoms with van der Waals surface area (Å²) in [6.45, 7) is 1.22. The molecular formula is C10H9ClF2O3. The molecule has 0 saturated heterocycles. The van der Waals surface area contributed by atoms with Crippen LogP contribution in [0.2, 0.25) is 5.02 Å². The van der Waals surface area contributed by atoms with Crippen molar-refractivity contribution >= 4 is 17.6 Å². The molecule has 1 N–H and O–H groups in total. The van der Waals surface area contributed by atoms with E-state index in [-0.39, 0.29) is 16.3 Å². The van der Waals surface area contributed by atoms with E-state index in [0.29, 0.717) is 0 Å². The van der Waals surface area contributed by atoms with Crippen molar-refractivity contribution in [2.75, 3.05) is 7.11 Å². The second-order valence-corrected chi connectivity index (χ2v) is 3.57. The van der Waals surface area contributed by atoms with Crippen molar-refractivity contribution in [3.05, 3.63) is 28.3 Å². The minimum Gasteiger partial charge on any atom is -0.495 e. The van der Waals surface area contributed by atoms with Crippen molar-refractivity contribution in [1.29, 1.82) is 0 Å². The number of aliphatic carboxylic acids is 1. The lowest BCUT2D eigenvalue weighted by atomic mass is 9.99. The van der Waals surface area contributed by atoms with Gasteiger partial charge in [-0.25, -0.2) is 8.78 Å². The van der Waals surface area contributed by atoms with Crippen LogP contribution in [0.5, 0.6) is 5.75 Å². The number of carboxylic acid groups (broad SMARTS) is 1. The zero-order valence-corrected chi connectivity index (χ0v) is 9.31. The number of carboxylic acids is 1. The van der Waals surface area contributed by atoms with E-state index in [4.69, 9.17) is 21.4 Å². The minimum atomic E-state index is -1.29. The highest BCUT2D eigenvalue weighted by molar-refractivity contribution is 6.32. The highest BCUT2D eigenvalue weighted by Crippen LogP contribution is 2.37. The Bertz CT molecular complexity index is 435. The Morgan fingerprint density at radius 2 is 2.12 bits per heavy atom. The summed E-state index contributed by atoms with van der Waals surface area (Å²) in [5, 5.41) is 8.61. The van der Waals surface area contributed by atoms with Crippen LogP contribution in [-0.2, 0) is 4.79 Å². The summed E-state index contributed by atoms with van der Waals surface area (Å²) in [6.07, 6.45) is 0. The van der Waals surface area contributed by atoms with Crippen LogP contribution in [-0.4, -0.2) is 18.2 Å². The molecule has 0 aromatic heterocycles. The van der Waals surface area contributed by atoms with Gasteiger partial charge in [-0.15, -0.1) is 0 Å². The summed E-state index contributed by atoms with van der Waals surface area (Å²) in [5.41, 5.74) is -0.389. The SMILES string of the molecule is COc1c(Cl)cc(F)c(F)c1C(C)C(=O)O. The van der Waals surface area contributed by atoms with Crippen LogP contribution in [0.3, 0.4) is 0 Å². The molecule has 1 rings (SSSR count). The Morgan fingerprint density at radius 3 is 2.56 bits per heavy atom. The summed E-state index contributed by atoms with van der Waals surface area (Å²) >= 11 is 5.63. The van der Waals surface area contributed by atoms with E-state index in [1.165, 1.54) is 14.0 Å². The van der Waals surface area contributed by atoms with Crippen molar-refractivity contribution in [2.24, 2.45) is 0 Å². The average Bonchev–Trinajstić information content (AvgIpc) is 2.21. The van der Waals surface area contributed by atoms with Crippen LogP contribution in [0.15, 0.2) is 6.07 Å². The molecule has 16 heavy (non-hydrogen) atoms. The van der Waals surface area contributed by atoms with E-state index in [0.717, 1.165) is 6.07 Å². The number of hydrogen-bond donors (Lipinski definition) is 1. The number of ether oxygens (including phenoxy) is 1. The average molecular weight is 251 g/mol. The van der Waals surface area contributed by atoms with Gasteiger partial charge < -0.3 is 9.84 Å². The molecule has 0 heterocycles. The van der Waals surface area contributed by atoms with E-state index in [9.17, 15) is 13.6 Å². The molecule has 0 fully saturated rings. The fourth-order valence-corrected chi connectivity index (χ4v) is 1.59. The minimum absolute atomic E-state index is 0.157. The van der Waals surface area contributed by atoms with Crippen LogP contribution in [0.1, 0.15) is 18.4 Å². The van der Waals surface area contributed by atoms with Gasteiger partial charge in [-0.3, -0.25) is 4.79 Å². The molecule has 0 aliphatic rings. The lowest BCUT2D eigenvalue weighted by Gasteiger charge is -2.14. The number of halogens is 3. The Labute approximate surface area is 95.6 Å². The molecule has 88 valence electrons. The Hall–Kier alpha value is -1.36. The predicted molar refractivity (Wildman–Crippen MR) is 54.0 cm³/mol. The smallest absolute Gasteiger partial charge is 0.310 e. The fraction of sp³-hybridized carbons (Fsp3) is 0.300. The third-order valence-corrected chi connectivity index (χ3v) is 2.45. The first-order chi connectivity index (χ1) is 7.40. The first kappa shape index (κ1) is 12.7. The number of rotatable bonds is 3. The monoisotopic (exact) mass is 250 g/mol. The largest absolute Gasteiger partial charge is 0.495 e. The fourth-order valence-electron chi connectivity index (χ4n) is 1.31. The van der Waals surface area contributed by atoms with Gasteiger partial charge in [0.1, 0.15) is 5.75 Å². The van der Waals surface area contributed by atoms with Gasteiger partial charge in [-0.05, 0) is 13.0 Å². The first-order valence-electron chi connectivity index (χ1n) is 4.34. The summed E-state index contributed by atoms with van der Waals surface area (Å²) < 4.78 is 31.3. The van der Waals surface area contributed by atoms with Crippen LogP contribution < -0.4 is 4.74 Å². The lowest BCUT2D eigenvalue weighted by Crippen LogP contribution is -2.12. The third-order valence-electron chi connectivity index (χ3n) is 2.17. The van der Waals surface area contributed by atoms with Gasteiger partial charge in [0.15, 0.2) is 11.6 Å². The molecule has 1 atom stereocenters. The topological polar surface area (TPSA) is 46.5 Å². The molecule has 1 aromatic rings. The predicted octanol–water partition coefficient (Wildman–Crippen LogP) is 2.81. The van der Waals surface area contributed by atoms with E-state index >= 15 is 0 Å². The molecule has 1 aromatic carbocycles. The molecule has 0 saturated carbocycles. The van der Waals surface area contributed by atoms with E-state index in [2.05, 4.69) is 0 Å². The van der Waals surface area contributed by atoms with Crippen LogP contribution in [0.4, 0.5) is 8.78 Å². The molecule has 0 amide bonds. The van der Waals surface area contributed by atoms with Crippen molar-refractivity contribution in [3.8, 4) is 5.75 Å². The van der Waals surface area contributed by atoms with Gasteiger partial charge in [-0.1, -0.05) is 11.6 Å². The Balaban J connectivity index is 3.50. The highest BCUT2D eigenvalue weighted by Gasteiger charge is 2.27. The quantitative estimate of drug-likeness (QED) is 0.839. The van der Waals surface area contributed by atoms with E-state index < -0.39 is 23.5 Å². The first-order valence-corrected chi connectivity index (χ1v) is 4.72. The van der Waals surface area contributed by atoms with Crippen LogP contribution in [0, 0.1) is 11.6 Å². The summed E-state index contributed by atoms with van der Waals surface area (Å²) in [4.78, 5) is 10.8. The van der Waals surface area contributed by atoms with Gasteiger partial charge in [0.2, 0.25) is 0 Å². The third kappa shape index (κ3) is 2.09. The van der Waals surface area contributed by atoms with Gasteiger partial charge in [0, 0.05) is 5.56 Å². The van der Waals surface area contributed by atoms with Gasteiger partial charge in [-0.2, -0.15) is 0 Å². The molecule has 0 aliphatic heterocycles. The molecular weight excluding hydrogens is 242 g/mol. The van der Waals surface area contributed by atoms with E-state index in [1.807, 2.05) is 0 Å². The molecule has 6 heteroatoms. The molecule has 0 aliphatic carbocycles. The summed E-state index contributed by atoms with van der Waals surface area (Å²) in [6, 6.07) is 0.744. The zero-order valence-electron chi connectivity index (χ0n) is 8.55. The zero-order chi connectivity index (χ0) is 12.5. The maximum atomic E-state index is 13.5. The lowest BCUT2D eigenvalue weighted by molar-refractivity contribution is -0.138. The molecule has 3 nitrogen and oxygen atoms in total. The molecule has 1 unspecified atom stereocenters. The maximum absolute atomic E-state index is 13.5.